The van der Waals surface area contributed by atoms with Gasteiger partial charge in [-0.05, 0) is 34.2 Å². The van der Waals surface area contributed by atoms with Crippen molar-refractivity contribution in [2.24, 2.45) is 5.73 Å². The molecule has 0 aliphatic carbocycles. The van der Waals surface area contributed by atoms with E-state index in [-0.39, 0.29) is 6.04 Å². The highest BCUT2D eigenvalue weighted by Crippen LogP contribution is 2.36. The first-order valence-corrected chi connectivity index (χ1v) is 6.21. The van der Waals surface area contributed by atoms with Crippen LogP contribution in [0.1, 0.15) is 16.5 Å². The van der Waals surface area contributed by atoms with Crippen LogP contribution in [-0.4, -0.2) is 11.5 Å². The molecule has 0 amide bonds. The fourth-order valence-corrected chi connectivity index (χ4v) is 3.25. The molecule has 0 saturated carbocycles. The molecular weight excluding hydrogens is 218 g/mol. The number of thiophene rings is 1. The maximum absolute atomic E-state index is 6.16. The first-order chi connectivity index (χ1) is 7.86. The number of pyridine rings is 1. The van der Waals surface area contributed by atoms with Crippen LogP contribution in [0, 0.1) is 0 Å². The second kappa shape index (κ2) is 3.97. The van der Waals surface area contributed by atoms with Crippen molar-refractivity contribution in [2.45, 2.75) is 12.6 Å². The largest absolute Gasteiger partial charge is 0.323 e. The number of nitrogens with two attached hydrogens (primary N) is 1. The molecule has 0 saturated heterocycles. The Bertz CT molecular complexity index is 492. The van der Waals surface area contributed by atoms with E-state index in [1.807, 2.05) is 24.5 Å². The van der Waals surface area contributed by atoms with Crippen molar-refractivity contribution in [3.05, 3.63) is 40.3 Å². The van der Waals surface area contributed by atoms with Crippen LogP contribution in [0.2, 0.25) is 0 Å². The molecule has 0 radical (unpaired) electrons. The van der Waals surface area contributed by atoms with E-state index in [0.717, 1.165) is 13.1 Å². The summed E-state index contributed by atoms with van der Waals surface area (Å²) in [7, 11) is 0. The van der Waals surface area contributed by atoms with Gasteiger partial charge in [0.25, 0.3) is 0 Å². The van der Waals surface area contributed by atoms with Gasteiger partial charge in [0, 0.05) is 36.4 Å². The predicted molar refractivity (Wildman–Crippen MR) is 66.2 cm³/mol. The van der Waals surface area contributed by atoms with Gasteiger partial charge in [-0.1, -0.05) is 0 Å². The summed E-state index contributed by atoms with van der Waals surface area (Å²) in [4.78, 5) is 5.41. The van der Waals surface area contributed by atoms with Crippen molar-refractivity contribution in [1.82, 2.24) is 10.3 Å². The normalized spacial score (nSPS) is 19.4. The van der Waals surface area contributed by atoms with E-state index >= 15 is 0 Å². The van der Waals surface area contributed by atoms with Crippen LogP contribution in [-0.2, 0) is 6.54 Å². The lowest BCUT2D eigenvalue weighted by molar-refractivity contribution is 0.564. The summed E-state index contributed by atoms with van der Waals surface area (Å²) >= 11 is 1.79. The van der Waals surface area contributed by atoms with Gasteiger partial charge in [0.1, 0.15) is 0 Å². The SMILES string of the molecule is NC1CNCc2scc(-c3ccncc3)c21. The molecule has 1 atom stereocenters. The topological polar surface area (TPSA) is 50.9 Å². The van der Waals surface area contributed by atoms with Gasteiger partial charge in [-0.2, -0.15) is 0 Å². The minimum Gasteiger partial charge on any atom is -0.323 e. The molecule has 82 valence electrons. The Kier molecular flexibility index (Phi) is 2.47. The quantitative estimate of drug-likeness (QED) is 0.788. The lowest BCUT2D eigenvalue weighted by Gasteiger charge is -2.21. The molecule has 1 aliphatic heterocycles. The summed E-state index contributed by atoms with van der Waals surface area (Å²) in [5.41, 5.74) is 9.96. The zero-order valence-corrected chi connectivity index (χ0v) is 9.63. The van der Waals surface area contributed by atoms with Crippen LogP contribution >= 0.6 is 11.3 Å². The third-order valence-electron chi connectivity index (χ3n) is 2.92. The molecule has 3 heterocycles. The number of nitrogens with zero attached hydrogens (tertiary/aromatic N) is 1. The van der Waals surface area contributed by atoms with E-state index in [1.54, 1.807) is 11.3 Å². The zero-order chi connectivity index (χ0) is 11.0. The van der Waals surface area contributed by atoms with Gasteiger partial charge in [0.05, 0.1) is 0 Å². The van der Waals surface area contributed by atoms with Crippen LogP contribution in [0.4, 0.5) is 0 Å². The van der Waals surface area contributed by atoms with Gasteiger partial charge in [0.2, 0.25) is 0 Å². The molecule has 1 unspecified atom stereocenters. The number of rotatable bonds is 1. The van der Waals surface area contributed by atoms with E-state index < -0.39 is 0 Å². The fourth-order valence-electron chi connectivity index (χ4n) is 2.15. The molecule has 4 heteroatoms. The molecule has 0 aromatic carbocycles. The summed E-state index contributed by atoms with van der Waals surface area (Å²) in [6.45, 7) is 1.81. The van der Waals surface area contributed by atoms with E-state index in [4.69, 9.17) is 5.73 Å². The molecule has 3 N–H and O–H groups in total. The Labute approximate surface area is 98.3 Å². The predicted octanol–water partition coefficient (Wildman–Crippen LogP) is 1.91. The van der Waals surface area contributed by atoms with Crippen LogP contribution in [0.25, 0.3) is 11.1 Å². The van der Waals surface area contributed by atoms with Crippen LogP contribution in [0.3, 0.4) is 0 Å². The van der Waals surface area contributed by atoms with E-state index in [1.165, 1.54) is 21.6 Å². The third-order valence-corrected chi connectivity index (χ3v) is 3.92. The van der Waals surface area contributed by atoms with Crippen molar-refractivity contribution in [3.8, 4) is 11.1 Å². The molecule has 0 bridgehead atoms. The Balaban J connectivity index is 2.13. The highest BCUT2D eigenvalue weighted by atomic mass is 32.1. The molecule has 1 aliphatic rings. The minimum absolute atomic E-state index is 0.109. The Morgan fingerprint density at radius 1 is 1.38 bits per heavy atom. The Hall–Kier alpha value is -1.23. The lowest BCUT2D eigenvalue weighted by atomic mass is 9.96. The summed E-state index contributed by atoms with van der Waals surface area (Å²) in [5, 5.41) is 5.53. The highest BCUT2D eigenvalue weighted by molar-refractivity contribution is 7.10. The van der Waals surface area contributed by atoms with Crippen molar-refractivity contribution in [2.75, 3.05) is 6.54 Å². The molecule has 16 heavy (non-hydrogen) atoms. The Morgan fingerprint density at radius 3 is 3.00 bits per heavy atom. The number of hydrogen-bond donors (Lipinski definition) is 2. The number of aromatic nitrogens is 1. The molecule has 3 rings (SSSR count). The van der Waals surface area contributed by atoms with Gasteiger partial charge in [-0.3, -0.25) is 4.98 Å². The molecule has 0 spiro atoms. The molecule has 0 fully saturated rings. The zero-order valence-electron chi connectivity index (χ0n) is 8.81. The molecule has 2 aromatic heterocycles. The van der Waals surface area contributed by atoms with Gasteiger partial charge in [0.15, 0.2) is 0 Å². The minimum atomic E-state index is 0.109. The first-order valence-electron chi connectivity index (χ1n) is 5.33. The molecular formula is C12H13N3S. The second-order valence-corrected chi connectivity index (χ2v) is 4.92. The second-order valence-electron chi connectivity index (χ2n) is 3.96. The van der Waals surface area contributed by atoms with Crippen molar-refractivity contribution in [1.29, 1.82) is 0 Å². The van der Waals surface area contributed by atoms with Crippen LogP contribution < -0.4 is 11.1 Å². The smallest absolute Gasteiger partial charge is 0.0439 e. The Morgan fingerprint density at radius 2 is 2.19 bits per heavy atom. The lowest BCUT2D eigenvalue weighted by Crippen LogP contribution is -2.32. The van der Waals surface area contributed by atoms with E-state index in [9.17, 15) is 0 Å². The average Bonchev–Trinajstić information content (AvgIpc) is 2.75. The monoisotopic (exact) mass is 231 g/mol. The summed E-state index contributed by atoms with van der Waals surface area (Å²) in [6.07, 6.45) is 3.65. The third kappa shape index (κ3) is 1.55. The van der Waals surface area contributed by atoms with Gasteiger partial charge >= 0.3 is 0 Å². The highest BCUT2D eigenvalue weighted by Gasteiger charge is 2.22. The van der Waals surface area contributed by atoms with Crippen LogP contribution in [0.15, 0.2) is 29.9 Å². The number of nitrogens with one attached hydrogen (secondary N) is 1. The maximum Gasteiger partial charge on any atom is 0.0439 e. The van der Waals surface area contributed by atoms with Crippen molar-refractivity contribution < 1.29 is 0 Å². The summed E-state index contributed by atoms with van der Waals surface area (Å²) in [5.74, 6) is 0. The molecule has 3 nitrogen and oxygen atoms in total. The van der Waals surface area contributed by atoms with Gasteiger partial charge in [-0.15, -0.1) is 11.3 Å². The van der Waals surface area contributed by atoms with E-state index in [0.29, 0.717) is 0 Å². The molecule has 2 aromatic rings. The van der Waals surface area contributed by atoms with Gasteiger partial charge < -0.3 is 11.1 Å². The average molecular weight is 231 g/mol. The standard InChI is InChI=1S/C12H13N3S/c13-10-5-15-6-11-12(10)9(7-16-11)8-1-3-14-4-2-8/h1-4,7,10,15H,5-6,13H2. The van der Waals surface area contributed by atoms with Crippen molar-refractivity contribution in [3.63, 3.8) is 0 Å². The van der Waals surface area contributed by atoms with Gasteiger partial charge in [-0.25, -0.2) is 0 Å². The summed E-state index contributed by atoms with van der Waals surface area (Å²) < 4.78 is 0. The fraction of sp³-hybridized carbons (Fsp3) is 0.250. The maximum atomic E-state index is 6.16. The first kappa shape index (κ1) is 9.96. The number of hydrogen-bond acceptors (Lipinski definition) is 4. The van der Waals surface area contributed by atoms with Crippen molar-refractivity contribution >= 4 is 11.3 Å². The van der Waals surface area contributed by atoms with Crippen LogP contribution in [0.5, 0.6) is 0 Å². The summed E-state index contributed by atoms with van der Waals surface area (Å²) in [6, 6.07) is 4.19. The van der Waals surface area contributed by atoms with E-state index in [2.05, 4.69) is 15.7 Å². The number of fused-ring (bicyclic) bond motifs is 1.